The van der Waals surface area contributed by atoms with Crippen molar-refractivity contribution in [3.8, 4) is 0 Å². The molecule has 1 N–H and O–H groups in total. The summed E-state index contributed by atoms with van der Waals surface area (Å²) in [6, 6.07) is 0. The van der Waals surface area contributed by atoms with Gasteiger partial charge in [0.25, 0.3) is 0 Å². The highest BCUT2D eigenvalue weighted by molar-refractivity contribution is 5.66. The lowest BCUT2D eigenvalue weighted by molar-refractivity contribution is -0.157. The Morgan fingerprint density at radius 2 is 2.07 bits per heavy atom. The zero-order valence-corrected chi connectivity index (χ0v) is 9.79. The molecule has 0 aromatic rings. The molecule has 0 radical (unpaired) electrons. The second kappa shape index (κ2) is 5.50. The van der Waals surface area contributed by atoms with Crippen LogP contribution < -0.4 is 0 Å². The van der Waals surface area contributed by atoms with Gasteiger partial charge in [0, 0.05) is 6.92 Å². The molecule has 0 spiro atoms. The van der Waals surface area contributed by atoms with Crippen LogP contribution in [-0.2, 0) is 9.53 Å². The number of carbonyl (C=O) groups excluding carboxylic acids is 1. The number of rotatable bonds is 5. The average Bonchev–Trinajstić information content (AvgIpc) is 2.62. The van der Waals surface area contributed by atoms with E-state index in [9.17, 15) is 9.90 Å². The Bertz CT molecular complexity index is 207. The normalized spacial score (nSPS) is 21.3. The molecule has 15 heavy (non-hydrogen) atoms. The first-order valence-corrected chi connectivity index (χ1v) is 5.95. The lowest BCUT2D eigenvalue weighted by atomic mass is 9.93. The van der Waals surface area contributed by atoms with Gasteiger partial charge in [-0.15, -0.1) is 0 Å². The maximum atomic E-state index is 11.0. The van der Waals surface area contributed by atoms with Crippen molar-refractivity contribution in [1.82, 2.24) is 0 Å². The Morgan fingerprint density at radius 3 is 2.53 bits per heavy atom. The first kappa shape index (κ1) is 12.5. The number of carbonyl (C=O) groups is 1. The predicted octanol–water partition coefficient (Wildman–Crippen LogP) is 2.41. The lowest BCUT2D eigenvalue weighted by Crippen LogP contribution is -2.32. The van der Waals surface area contributed by atoms with Crippen LogP contribution in [0.2, 0.25) is 0 Å². The standard InChI is InChI=1S/C12H22O3/c1-3-11(14)6-9-12(15-10(2)13)7-4-5-8-12/h11,14H,3-9H2,1-2H3. The summed E-state index contributed by atoms with van der Waals surface area (Å²) in [5, 5.41) is 9.53. The van der Waals surface area contributed by atoms with Crippen LogP contribution in [0.15, 0.2) is 0 Å². The van der Waals surface area contributed by atoms with E-state index in [0.717, 1.165) is 44.9 Å². The highest BCUT2D eigenvalue weighted by Crippen LogP contribution is 2.37. The Morgan fingerprint density at radius 1 is 1.47 bits per heavy atom. The smallest absolute Gasteiger partial charge is 0.303 e. The van der Waals surface area contributed by atoms with Crippen molar-refractivity contribution in [1.29, 1.82) is 0 Å². The zero-order chi connectivity index (χ0) is 11.3. The molecule has 1 aliphatic carbocycles. The molecule has 1 atom stereocenters. The van der Waals surface area contributed by atoms with Crippen LogP contribution in [-0.4, -0.2) is 22.8 Å². The summed E-state index contributed by atoms with van der Waals surface area (Å²) in [5.41, 5.74) is -0.262. The van der Waals surface area contributed by atoms with Crippen molar-refractivity contribution in [2.75, 3.05) is 0 Å². The third kappa shape index (κ3) is 3.82. The molecule has 3 heteroatoms. The molecule has 0 heterocycles. The molecule has 1 saturated carbocycles. The van der Waals surface area contributed by atoms with E-state index in [1.54, 1.807) is 0 Å². The van der Waals surface area contributed by atoms with E-state index < -0.39 is 0 Å². The van der Waals surface area contributed by atoms with Crippen LogP contribution in [0.3, 0.4) is 0 Å². The molecule has 0 aromatic carbocycles. The second-order valence-corrected chi connectivity index (χ2v) is 4.58. The number of esters is 1. The van der Waals surface area contributed by atoms with Crippen LogP contribution in [0.1, 0.15) is 58.8 Å². The third-order valence-electron chi connectivity index (χ3n) is 3.28. The minimum Gasteiger partial charge on any atom is -0.459 e. The van der Waals surface area contributed by atoms with Crippen LogP contribution >= 0.6 is 0 Å². The van der Waals surface area contributed by atoms with Gasteiger partial charge in [0.1, 0.15) is 5.60 Å². The molecule has 88 valence electrons. The fraction of sp³-hybridized carbons (Fsp3) is 0.917. The third-order valence-corrected chi connectivity index (χ3v) is 3.28. The number of hydrogen-bond donors (Lipinski definition) is 1. The van der Waals surface area contributed by atoms with Crippen molar-refractivity contribution < 1.29 is 14.6 Å². The van der Waals surface area contributed by atoms with Crippen LogP contribution in [0, 0.1) is 0 Å². The van der Waals surface area contributed by atoms with E-state index in [4.69, 9.17) is 4.74 Å². The maximum absolute atomic E-state index is 11.0. The fourth-order valence-electron chi connectivity index (χ4n) is 2.36. The quantitative estimate of drug-likeness (QED) is 0.715. The van der Waals surface area contributed by atoms with Crippen LogP contribution in [0.25, 0.3) is 0 Å². The topological polar surface area (TPSA) is 46.5 Å². The van der Waals surface area contributed by atoms with Crippen LogP contribution in [0.4, 0.5) is 0 Å². The summed E-state index contributed by atoms with van der Waals surface area (Å²) in [6.07, 6.45) is 6.26. The number of hydrogen-bond acceptors (Lipinski definition) is 3. The summed E-state index contributed by atoms with van der Waals surface area (Å²) in [4.78, 5) is 11.0. The largest absolute Gasteiger partial charge is 0.459 e. The highest BCUT2D eigenvalue weighted by Gasteiger charge is 2.36. The molecule has 1 fully saturated rings. The Labute approximate surface area is 91.8 Å². The van der Waals surface area contributed by atoms with E-state index in [-0.39, 0.29) is 17.7 Å². The first-order valence-electron chi connectivity index (χ1n) is 5.95. The van der Waals surface area contributed by atoms with Gasteiger partial charge in [-0.05, 0) is 44.9 Å². The molecule has 3 nitrogen and oxygen atoms in total. The fourth-order valence-corrected chi connectivity index (χ4v) is 2.36. The van der Waals surface area contributed by atoms with E-state index in [0.29, 0.717) is 0 Å². The molecule has 0 amide bonds. The summed E-state index contributed by atoms with van der Waals surface area (Å²) in [7, 11) is 0. The predicted molar refractivity (Wildman–Crippen MR) is 58.5 cm³/mol. The zero-order valence-electron chi connectivity index (χ0n) is 9.79. The van der Waals surface area contributed by atoms with Crippen LogP contribution in [0.5, 0.6) is 0 Å². The molecule has 0 aromatic heterocycles. The number of aliphatic hydroxyl groups excluding tert-OH is 1. The Hall–Kier alpha value is -0.570. The Kier molecular flexibility index (Phi) is 4.58. The molecular weight excluding hydrogens is 192 g/mol. The van der Waals surface area contributed by atoms with Gasteiger partial charge in [0.2, 0.25) is 0 Å². The number of ether oxygens (including phenoxy) is 1. The summed E-state index contributed by atoms with van der Waals surface area (Å²) < 4.78 is 5.44. The minimum absolute atomic E-state index is 0.192. The minimum atomic E-state index is -0.262. The SMILES string of the molecule is CCC(O)CCC1(OC(C)=O)CCCC1. The molecule has 0 aliphatic heterocycles. The van der Waals surface area contributed by atoms with Crippen molar-refractivity contribution in [2.45, 2.75) is 70.5 Å². The van der Waals surface area contributed by atoms with E-state index in [2.05, 4.69) is 0 Å². The summed E-state index contributed by atoms with van der Waals surface area (Å²) in [5.74, 6) is -0.192. The molecule has 1 rings (SSSR count). The number of aliphatic hydroxyl groups is 1. The van der Waals surface area contributed by atoms with Gasteiger partial charge < -0.3 is 9.84 Å². The second-order valence-electron chi connectivity index (χ2n) is 4.58. The van der Waals surface area contributed by atoms with Gasteiger partial charge in [0.05, 0.1) is 6.10 Å². The highest BCUT2D eigenvalue weighted by atomic mass is 16.6. The first-order chi connectivity index (χ1) is 7.08. The molecule has 1 unspecified atom stereocenters. The molecule has 0 saturated heterocycles. The monoisotopic (exact) mass is 214 g/mol. The van der Waals surface area contributed by atoms with Gasteiger partial charge >= 0.3 is 5.97 Å². The summed E-state index contributed by atoms with van der Waals surface area (Å²) >= 11 is 0. The molecule has 0 bridgehead atoms. The lowest BCUT2D eigenvalue weighted by Gasteiger charge is -2.29. The van der Waals surface area contributed by atoms with E-state index >= 15 is 0 Å². The van der Waals surface area contributed by atoms with Crippen molar-refractivity contribution >= 4 is 5.97 Å². The van der Waals surface area contributed by atoms with Gasteiger partial charge in [-0.1, -0.05) is 6.92 Å². The van der Waals surface area contributed by atoms with Gasteiger partial charge in [-0.2, -0.15) is 0 Å². The molecular formula is C12H22O3. The van der Waals surface area contributed by atoms with Crippen molar-refractivity contribution in [3.05, 3.63) is 0 Å². The molecule has 1 aliphatic rings. The van der Waals surface area contributed by atoms with Gasteiger partial charge in [-0.25, -0.2) is 0 Å². The van der Waals surface area contributed by atoms with Gasteiger partial charge in [-0.3, -0.25) is 4.79 Å². The van der Waals surface area contributed by atoms with Gasteiger partial charge in [0.15, 0.2) is 0 Å². The van der Waals surface area contributed by atoms with E-state index in [1.165, 1.54) is 6.92 Å². The van der Waals surface area contributed by atoms with Crippen molar-refractivity contribution in [3.63, 3.8) is 0 Å². The van der Waals surface area contributed by atoms with E-state index in [1.807, 2.05) is 6.92 Å². The maximum Gasteiger partial charge on any atom is 0.303 e. The summed E-state index contributed by atoms with van der Waals surface area (Å²) in [6.45, 7) is 3.44. The Balaban J connectivity index is 2.46. The average molecular weight is 214 g/mol. The van der Waals surface area contributed by atoms with Crippen molar-refractivity contribution in [2.24, 2.45) is 0 Å².